The number of nitrogens with zero attached hydrogens (tertiary/aromatic N) is 1. The molecule has 8 heteroatoms. The average molecular weight is 351 g/mol. The van der Waals surface area contributed by atoms with Crippen LogP contribution in [-0.4, -0.2) is 23.2 Å². The van der Waals surface area contributed by atoms with Gasteiger partial charge in [0, 0.05) is 23.4 Å². The van der Waals surface area contributed by atoms with Crippen LogP contribution >= 0.6 is 0 Å². The zero-order valence-corrected chi connectivity index (χ0v) is 13.6. The molecule has 8 nitrogen and oxygen atoms in total. The summed E-state index contributed by atoms with van der Waals surface area (Å²) in [5.74, 6) is 0.121. The van der Waals surface area contributed by atoms with Gasteiger partial charge in [0.2, 0.25) is 0 Å². The number of aromatic nitrogens is 2. The molecule has 0 saturated heterocycles. The summed E-state index contributed by atoms with van der Waals surface area (Å²) in [6.45, 7) is 0. The maximum atomic E-state index is 12.4. The largest absolute Gasteiger partial charge is 0.497 e. The lowest BCUT2D eigenvalue weighted by Gasteiger charge is -2.01. The van der Waals surface area contributed by atoms with Gasteiger partial charge in [-0.25, -0.2) is 4.79 Å². The Kier molecular flexibility index (Phi) is 3.77. The zero-order valence-electron chi connectivity index (χ0n) is 13.6. The molecule has 4 rings (SSSR count). The normalized spacial score (nSPS) is 10.8. The van der Waals surface area contributed by atoms with Gasteiger partial charge < -0.3 is 19.0 Å². The van der Waals surface area contributed by atoms with Gasteiger partial charge in [-0.1, -0.05) is 17.3 Å². The minimum Gasteiger partial charge on any atom is -0.497 e. The van der Waals surface area contributed by atoms with E-state index in [2.05, 4.69) is 15.5 Å². The molecule has 0 bridgehead atoms. The molecule has 130 valence electrons. The van der Waals surface area contributed by atoms with Crippen LogP contribution in [0.4, 0.5) is 5.69 Å². The van der Waals surface area contributed by atoms with E-state index in [4.69, 9.17) is 13.7 Å². The number of methoxy groups -OCH3 is 1. The molecule has 0 aliphatic rings. The van der Waals surface area contributed by atoms with E-state index in [9.17, 15) is 9.59 Å². The van der Waals surface area contributed by atoms with Crippen LogP contribution in [0, 0.1) is 0 Å². The fourth-order valence-corrected chi connectivity index (χ4v) is 2.51. The number of benzene rings is 2. The van der Waals surface area contributed by atoms with E-state index >= 15 is 0 Å². The van der Waals surface area contributed by atoms with Gasteiger partial charge in [-0.2, -0.15) is 0 Å². The summed E-state index contributed by atoms with van der Waals surface area (Å²) in [6, 6.07) is 13.6. The van der Waals surface area contributed by atoms with E-state index in [-0.39, 0.29) is 5.69 Å². The van der Waals surface area contributed by atoms with Gasteiger partial charge in [-0.15, -0.1) is 0 Å². The highest BCUT2D eigenvalue weighted by atomic mass is 16.5. The molecule has 0 aliphatic carbocycles. The number of carbonyl (C=O) groups excluding carboxylic acids is 1. The molecule has 4 aromatic rings. The predicted molar refractivity (Wildman–Crippen MR) is 93.3 cm³/mol. The van der Waals surface area contributed by atoms with Crippen LogP contribution in [0.5, 0.6) is 5.75 Å². The number of hydrogen-bond acceptors (Lipinski definition) is 6. The van der Waals surface area contributed by atoms with Crippen molar-refractivity contribution in [3.8, 4) is 17.1 Å². The van der Waals surface area contributed by atoms with Gasteiger partial charge >= 0.3 is 5.76 Å². The van der Waals surface area contributed by atoms with Crippen molar-refractivity contribution >= 4 is 22.7 Å². The Morgan fingerprint density at radius 1 is 1.19 bits per heavy atom. The monoisotopic (exact) mass is 351 g/mol. The first-order valence-electron chi connectivity index (χ1n) is 7.68. The summed E-state index contributed by atoms with van der Waals surface area (Å²) < 4.78 is 15.4. The fraction of sp³-hybridized carbons (Fsp3) is 0.0556. The quantitative estimate of drug-likeness (QED) is 0.585. The highest BCUT2D eigenvalue weighted by Gasteiger charge is 2.15. The topological polar surface area (TPSA) is 110 Å². The first kappa shape index (κ1) is 15.7. The van der Waals surface area contributed by atoms with Crippen molar-refractivity contribution < 1.29 is 18.5 Å². The molecule has 0 spiro atoms. The number of amides is 1. The molecule has 0 aliphatic heterocycles. The first-order valence-corrected chi connectivity index (χ1v) is 7.68. The molecule has 1 amide bonds. The first-order chi connectivity index (χ1) is 12.6. The van der Waals surface area contributed by atoms with Gasteiger partial charge in [-0.05, 0) is 24.3 Å². The lowest BCUT2D eigenvalue weighted by molar-refractivity contribution is 0.101. The van der Waals surface area contributed by atoms with Crippen molar-refractivity contribution in [3.63, 3.8) is 0 Å². The summed E-state index contributed by atoms with van der Waals surface area (Å²) in [7, 11) is 1.57. The number of carbonyl (C=O) groups is 1. The summed E-state index contributed by atoms with van der Waals surface area (Å²) in [6.07, 6.45) is 0. The summed E-state index contributed by atoms with van der Waals surface area (Å²) in [5.41, 5.74) is 2.24. The molecule has 2 N–H and O–H groups in total. The summed E-state index contributed by atoms with van der Waals surface area (Å²) in [4.78, 5) is 26.1. The van der Waals surface area contributed by atoms with Crippen LogP contribution in [-0.2, 0) is 0 Å². The maximum Gasteiger partial charge on any atom is 0.417 e. The molecular formula is C18H13N3O5. The molecule has 0 atom stereocenters. The van der Waals surface area contributed by atoms with Crippen molar-refractivity contribution in [2.45, 2.75) is 0 Å². The van der Waals surface area contributed by atoms with Crippen LogP contribution in [0.15, 0.2) is 62.3 Å². The Labute approximate surface area is 146 Å². The van der Waals surface area contributed by atoms with Crippen molar-refractivity contribution in [3.05, 3.63) is 64.8 Å². The number of nitrogens with one attached hydrogen (secondary N) is 2. The summed E-state index contributed by atoms with van der Waals surface area (Å²) >= 11 is 0. The molecule has 0 radical (unpaired) electrons. The summed E-state index contributed by atoms with van der Waals surface area (Å²) in [5, 5.41) is 6.49. The second-order valence-corrected chi connectivity index (χ2v) is 5.49. The molecule has 2 heterocycles. The van der Waals surface area contributed by atoms with Gasteiger partial charge in [0.05, 0.1) is 12.6 Å². The minimum atomic E-state index is -0.553. The van der Waals surface area contributed by atoms with Crippen LogP contribution in [0.25, 0.3) is 22.4 Å². The maximum absolute atomic E-state index is 12.4. The van der Waals surface area contributed by atoms with Crippen LogP contribution in [0.2, 0.25) is 0 Å². The predicted octanol–water partition coefficient (Wildman–Crippen LogP) is 3.04. The number of fused-ring (bicyclic) bond motifs is 1. The lowest BCUT2D eigenvalue weighted by atomic mass is 10.1. The van der Waals surface area contributed by atoms with Gasteiger partial charge in [0.25, 0.3) is 5.91 Å². The second kappa shape index (κ2) is 6.25. The van der Waals surface area contributed by atoms with Crippen molar-refractivity contribution in [2.75, 3.05) is 12.4 Å². The Hall–Kier alpha value is -3.81. The number of ether oxygens (including phenoxy) is 1. The van der Waals surface area contributed by atoms with Crippen molar-refractivity contribution in [2.24, 2.45) is 0 Å². The third-order valence-corrected chi connectivity index (χ3v) is 3.78. The smallest absolute Gasteiger partial charge is 0.417 e. The van der Waals surface area contributed by atoms with Crippen LogP contribution < -0.4 is 15.8 Å². The molecule has 0 saturated carbocycles. The van der Waals surface area contributed by atoms with E-state index < -0.39 is 11.7 Å². The minimum absolute atomic E-state index is 0.124. The van der Waals surface area contributed by atoms with Crippen LogP contribution in [0.1, 0.15) is 10.5 Å². The van der Waals surface area contributed by atoms with Gasteiger partial charge in [-0.3, -0.25) is 9.78 Å². The highest BCUT2D eigenvalue weighted by molar-refractivity contribution is 6.04. The Balaban J connectivity index is 1.56. The number of oxazole rings is 1. The SMILES string of the molecule is COc1cccc(-c2cc(C(=O)Nc3ccc4[nH]c(=O)oc4c3)no2)c1. The number of hydrogen-bond donors (Lipinski definition) is 2. The average Bonchev–Trinajstić information content (AvgIpc) is 3.27. The Morgan fingerprint density at radius 2 is 2.08 bits per heavy atom. The number of aromatic amines is 1. The Bertz CT molecular complexity index is 1150. The van der Waals surface area contributed by atoms with E-state index in [1.807, 2.05) is 18.2 Å². The second-order valence-electron chi connectivity index (χ2n) is 5.49. The van der Waals surface area contributed by atoms with Crippen LogP contribution in [0.3, 0.4) is 0 Å². The fourth-order valence-electron chi connectivity index (χ4n) is 2.51. The molecule has 0 fully saturated rings. The lowest BCUT2D eigenvalue weighted by Crippen LogP contribution is -2.11. The van der Waals surface area contributed by atoms with E-state index in [1.165, 1.54) is 0 Å². The van der Waals surface area contributed by atoms with E-state index in [1.54, 1.807) is 37.4 Å². The number of anilines is 1. The molecule has 0 unspecified atom stereocenters. The van der Waals surface area contributed by atoms with E-state index in [0.29, 0.717) is 28.3 Å². The van der Waals surface area contributed by atoms with Gasteiger partial charge in [0.15, 0.2) is 17.0 Å². The van der Waals surface area contributed by atoms with E-state index in [0.717, 1.165) is 5.56 Å². The third-order valence-electron chi connectivity index (χ3n) is 3.78. The molecule has 26 heavy (non-hydrogen) atoms. The zero-order chi connectivity index (χ0) is 18.1. The molecule has 2 aromatic carbocycles. The molecule has 2 aromatic heterocycles. The van der Waals surface area contributed by atoms with Gasteiger partial charge in [0.1, 0.15) is 5.75 Å². The van der Waals surface area contributed by atoms with Crippen molar-refractivity contribution in [1.82, 2.24) is 10.1 Å². The standard InChI is InChI=1S/C18H13N3O5/c1-24-12-4-2-3-10(7-12)15-9-14(21-26-15)17(22)19-11-5-6-13-16(8-11)25-18(23)20-13/h2-9H,1H3,(H,19,22)(H,20,23). The third kappa shape index (κ3) is 2.95. The van der Waals surface area contributed by atoms with Crippen molar-refractivity contribution in [1.29, 1.82) is 0 Å². The number of H-pyrrole nitrogens is 1. The molecular weight excluding hydrogens is 338 g/mol. The highest BCUT2D eigenvalue weighted by Crippen LogP contribution is 2.25. The Morgan fingerprint density at radius 3 is 2.92 bits per heavy atom. The number of rotatable bonds is 4.